The minimum atomic E-state index is -3.66. The third-order valence-corrected chi connectivity index (χ3v) is 6.35. The molecule has 6 nitrogen and oxygen atoms in total. The van der Waals surface area contributed by atoms with Gasteiger partial charge in [-0.1, -0.05) is 0 Å². The number of fused-ring (bicyclic) bond motifs is 1. The van der Waals surface area contributed by atoms with Crippen molar-refractivity contribution in [3.8, 4) is 5.75 Å². The van der Waals surface area contributed by atoms with E-state index >= 15 is 0 Å². The Morgan fingerprint density at radius 3 is 2.74 bits per heavy atom. The molecule has 3 rings (SSSR count). The van der Waals surface area contributed by atoms with Gasteiger partial charge in [0.25, 0.3) is 15.9 Å². The Morgan fingerprint density at radius 2 is 2.04 bits per heavy atom. The fraction of sp³-hybridized carbons (Fsp3) is 0.267. The number of hydrogen-bond donors (Lipinski definition) is 1. The van der Waals surface area contributed by atoms with Crippen LogP contribution in [0.3, 0.4) is 0 Å². The zero-order valence-electron chi connectivity index (χ0n) is 12.7. The van der Waals surface area contributed by atoms with Gasteiger partial charge in [0.15, 0.2) is 0 Å². The Hall–Kier alpha value is -2.06. The molecule has 0 radical (unpaired) electrons. The van der Waals surface area contributed by atoms with Gasteiger partial charge in [-0.15, -0.1) is 11.3 Å². The van der Waals surface area contributed by atoms with Crippen molar-refractivity contribution in [1.82, 2.24) is 4.90 Å². The Kier molecular flexibility index (Phi) is 4.03. The molecule has 1 amide bonds. The van der Waals surface area contributed by atoms with E-state index in [4.69, 9.17) is 4.74 Å². The standard InChI is InChI=1S/C15H16N2O4S2/c1-10-3-6-14(22-10)23(19,20)16-11-4-5-13-12(9-11)15(18)17(2)7-8-21-13/h3-6,9,16H,7-8H2,1-2H3. The van der Waals surface area contributed by atoms with Crippen LogP contribution in [-0.4, -0.2) is 39.4 Å². The molecule has 1 aliphatic rings. The predicted octanol–water partition coefficient (Wildman–Crippen LogP) is 2.32. The molecule has 0 atom stereocenters. The highest BCUT2D eigenvalue weighted by Crippen LogP contribution is 2.28. The summed E-state index contributed by atoms with van der Waals surface area (Å²) in [5.41, 5.74) is 0.689. The minimum absolute atomic E-state index is 0.189. The zero-order valence-corrected chi connectivity index (χ0v) is 14.3. The lowest BCUT2D eigenvalue weighted by atomic mass is 10.1. The Morgan fingerprint density at radius 1 is 1.26 bits per heavy atom. The highest BCUT2D eigenvalue weighted by molar-refractivity contribution is 7.94. The first-order valence-electron chi connectivity index (χ1n) is 6.98. The Balaban J connectivity index is 1.93. The fourth-order valence-electron chi connectivity index (χ4n) is 2.25. The molecule has 0 spiro atoms. The molecule has 122 valence electrons. The van der Waals surface area contributed by atoms with E-state index < -0.39 is 10.0 Å². The molecule has 1 aliphatic heterocycles. The second-order valence-electron chi connectivity index (χ2n) is 5.26. The summed E-state index contributed by atoms with van der Waals surface area (Å²) in [6, 6.07) is 8.03. The molecule has 1 N–H and O–H groups in total. The van der Waals surface area contributed by atoms with E-state index in [1.165, 1.54) is 17.4 Å². The Bertz CT molecular complexity index is 858. The number of aryl methyl sites for hydroxylation is 1. The summed E-state index contributed by atoms with van der Waals surface area (Å²) in [5.74, 6) is 0.278. The van der Waals surface area contributed by atoms with E-state index in [1.54, 1.807) is 36.2 Å². The first-order chi connectivity index (χ1) is 10.9. The molecule has 0 saturated heterocycles. The minimum Gasteiger partial charge on any atom is -0.491 e. The van der Waals surface area contributed by atoms with Crippen molar-refractivity contribution in [1.29, 1.82) is 0 Å². The number of anilines is 1. The molecule has 0 bridgehead atoms. The molecule has 1 aromatic carbocycles. The molecule has 1 aromatic heterocycles. The van der Waals surface area contributed by atoms with Crippen LogP contribution in [-0.2, 0) is 10.0 Å². The van der Waals surface area contributed by atoms with E-state index in [-0.39, 0.29) is 10.1 Å². The largest absolute Gasteiger partial charge is 0.491 e. The van der Waals surface area contributed by atoms with Crippen molar-refractivity contribution in [2.75, 3.05) is 24.9 Å². The van der Waals surface area contributed by atoms with E-state index in [9.17, 15) is 13.2 Å². The van der Waals surface area contributed by atoms with Crippen molar-refractivity contribution >= 4 is 33.0 Å². The molecule has 0 aliphatic carbocycles. The third kappa shape index (κ3) is 3.18. The number of rotatable bonds is 3. The second kappa shape index (κ2) is 5.86. The van der Waals surface area contributed by atoms with Crippen molar-refractivity contribution < 1.29 is 17.9 Å². The van der Waals surface area contributed by atoms with E-state index in [1.807, 2.05) is 6.92 Å². The van der Waals surface area contributed by atoms with E-state index in [2.05, 4.69) is 4.72 Å². The van der Waals surface area contributed by atoms with Crippen LogP contribution in [0.4, 0.5) is 5.69 Å². The van der Waals surface area contributed by atoms with Crippen LogP contribution in [0, 0.1) is 6.92 Å². The third-order valence-electron chi connectivity index (χ3n) is 3.47. The van der Waals surface area contributed by atoms with Crippen LogP contribution < -0.4 is 9.46 Å². The monoisotopic (exact) mass is 352 g/mol. The second-order valence-corrected chi connectivity index (χ2v) is 8.45. The van der Waals surface area contributed by atoms with Crippen molar-refractivity contribution in [3.05, 3.63) is 40.8 Å². The van der Waals surface area contributed by atoms with Gasteiger partial charge in [0.2, 0.25) is 0 Å². The lowest BCUT2D eigenvalue weighted by molar-refractivity contribution is 0.0797. The van der Waals surface area contributed by atoms with Crippen LogP contribution in [0.15, 0.2) is 34.5 Å². The maximum atomic E-state index is 12.4. The lowest BCUT2D eigenvalue weighted by Crippen LogP contribution is -2.27. The molecular weight excluding hydrogens is 336 g/mol. The highest BCUT2D eigenvalue weighted by Gasteiger charge is 2.23. The molecule has 2 aromatic rings. The van der Waals surface area contributed by atoms with Crippen LogP contribution in [0.2, 0.25) is 0 Å². The number of carbonyl (C=O) groups excluding carboxylic acids is 1. The first kappa shape index (κ1) is 15.8. The average Bonchev–Trinajstić information content (AvgIpc) is 2.89. The molecule has 2 heterocycles. The molecular formula is C15H16N2O4S2. The number of likely N-dealkylation sites (N-methyl/N-ethyl adjacent to an activating group) is 1. The van der Waals surface area contributed by atoms with Crippen LogP contribution in [0.1, 0.15) is 15.2 Å². The number of sulfonamides is 1. The molecule has 8 heteroatoms. The number of hydrogen-bond acceptors (Lipinski definition) is 5. The van der Waals surface area contributed by atoms with Gasteiger partial charge in [-0.05, 0) is 37.3 Å². The average molecular weight is 352 g/mol. The SMILES string of the molecule is Cc1ccc(S(=O)(=O)Nc2ccc3c(c2)C(=O)N(C)CCO3)s1. The maximum Gasteiger partial charge on any atom is 0.271 e. The predicted molar refractivity (Wildman–Crippen MR) is 88.8 cm³/mol. The van der Waals surface area contributed by atoms with Crippen molar-refractivity contribution in [3.63, 3.8) is 0 Å². The van der Waals surface area contributed by atoms with E-state index in [0.717, 1.165) is 4.88 Å². The quantitative estimate of drug-likeness (QED) is 0.920. The van der Waals surface area contributed by atoms with Crippen LogP contribution in [0.25, 0.3) is 0 Å². The van der Waals surface area contributed by atoms with Gasteiger partial charge in [-0.2, -0.15) is 0 Å². The van der Waals surface area contributed by atoms with Gasteiger partial charge < -0.3 is 9.64 Å². The molecule has 0 fully saturated rings. The number of carbonyl (C=O) groups is 1. The Labute approximate surface area is 138 Å². The number of amides is 1. The van der Waals surface area contributed by atoms with Gasteiger partial charge in [0, 0.05) is 17.6 Å². The van der Waals surface area contributed by atoms with Crippen molar-refractivity contribution in [2.24, 2.45) is 0 Å². The summed E-state index contributed by atoms with van der Waals surface area (Å²) in [6.07, 6.45) is 0. The number of thiophene rings is 1. The first-order valence-corrected chi connectivity index (χ1v) is 9.28. The normalized spacial score (nSPS) is 14.9. The molecule has 0 unspecified atom stereocenters. The van der Waals surface area contributed by atoms with Crippen LogP contribution in [0.5, 0.6) is 5.75 Å². The maximum absolute atomic E-state index is 12.4. The van der Waals surface area contributed by atoms with Crippen molar-refractivity contribution in [2.45, 2.75) is 11.1 Å². The summed E-state index contributed by atoms with van der Waals surface area (Å²) in [7, 11) is -1.97. The lowest BCUT2D eigenvalue weighted by Gasteiger charge is -2.13. The molecule has 0 saturated carbocycles. The smallest absolute Gasteiger partial charge is 0.271 e. The number of benzene rings is 1. The number of ether oxygens (including phenoxy) is 1. The van der Waals surface area contributed by atoms with E-state index in [0.29, 0.717) is 30.2 Å². The topological polar surface area (TPSA) is 75.7 Å². The van der Waals surface area contributed by atoms with Gasteiger partial charge in [-0.3, -0.25) is 9.52 Å². The summed E-state index contributed by atoms with van der Waals surface area (Å²) >= 11 is 1.20. The van der Waals surface area contributed by atoms with Crippen LogP contribution >= 0.6 is 11.3 Å². The summed E-state index contributed by atoms with van der Waals surface area (Å²) in [4.78, 5) is 14.8. The summed E-state index contributed by atoms with van der Waals surface area (Å²) in [5, 5.41) is 0. The summed E-state index contributed by atoms with van der Waals surface area (Å²) < 4.78 is 33.0. The molecule has 23 heavy (non-hydrogen) atoms. The van der Waals surface area contributed by atoms with Gasteiger partial charge in [0.05, 0.1) is 12.1 Å². The van der Waals surface area contributed by atoms with Gasteiger partial charge >= 0.3 is 0 Å². The zero-order chi connectivity index (χ0) is 16.6. The van der Waals surface area contributed by atoms with Gasteiger partial charge in [0.1, 0.15) is 16.6 Å². The fourth-order valence-corrected chi connectivity index (χ4v) is 4.58. The summed E-state index contributed by atoms with van der Waals surface area (Å²) in [6.45, 7) is 2.75. The number of nitrogens with zero attached hydrogens (tertiary/aromatic N) is 1. The highest BCUT2D eigenvalue weighted by atomic mass is 32.2. The van der Waals surface area contributed by atoms with Gasteiger partial charge in [-0.25, -0.2) is 8.42 Å². The number of nitrogens with one attached hydrogen (secondary N) is 1.